The van der Waals surface area contributed by atoms with Crippen LogP contribution in [-0.2, 0) is 10.0 Å². The van der Waals surface area contributed by atoms with Gasteiger partial charge in [-0.2, -0.15) is 8.42 Å². The second kappa shape index (κ2) is 11.2. The largest absolute Gasteiger partial charge is 0.363 e. The highest BCUT2D eigenvalue weighted by Gasteiger charge is 2.30. The molecule has 1 amide bonds. The maximum atomic E-state index is 14.7. The van der Waals surface area contributed by atoms with Crippen molar-refractivity contribution in [3.63, 3.8) is 0 Å². The van der Waals surface area contributed by atoms with Gasteiger partial charge >= 0.3 is 0 Å². The number of piperidine rings is 1. The van der Waals surface area contributed by atoms with Crippen LogP contribution in [0.5, 0.6) is 0 Å². The highest BCUT2D eigenvalue weighted by Crippen LogP contribution is 2.34. The predicted molar refractivity (Wildman–Crippen MR) is 145 cm³/mol. The molecule has 0 radical (unpaired) electrons. The van der Waals surface area contributed by atoms with Crippen molar-refractivity contribution in [1.82, 2.24) is 15.0 Å². The number of hydrogen-bond donors (Lipinski definition) is 2. The highest BCUT2D eigenvalue weighted by molar-refractivity contribution is 7.92. The topological polar surface area (TPSA) is 117 Å². The molecule has 13 heteroatoms. The Morgan fingerprint density at radius 1 is 1.10 bits per heavy atom. The second-order valence-electron chi connectivity index (χ2n) is 9.33. The fourth-order valence-corrected chi connectivity index (χ4v) is 6.02. The van der Waals surface area contributed by atoms with Crippen molar-refractivity contribution in [2.45, 2.75) is 30.7 Å². The standard InChI is InChI=1S/C27H24ClF2N5O4S/c1-16-25(32-23-7-4-19(28)14-22(23)30)21(15-31-26(16)40(37,38)34-24-10-13-39-33-24)27(36)35-11-8-18(9-12-35)17-2-5-20(29)6-3-17/h2-7,10,13-15,18H,8-9,11-12H2,1H3,(H,31,32)(H,33,34). The molecule has 40 heavy (non-hydrogen) atoms. The number of carbonyl (C=O) groups excluding carboxylic acids is 1. The average Bonchev–Trinajstić information content (AvgIpc) is 3.43. The minimum Gasteiger partial charge on any atom is -0.363 e. The molecule has 208 valence electrons. The van der Waals surface area contributed by atoms with Gasteiger partial charge in [0.25, 0.3) is 15.9 Å². The predicted octanol–water partition coefficient (Wildman–Crippen LogP) is 5.87. The highest BCUT2D eigenvalue weighted by atomic mass is 35.5. The molecule has 1 aliphatic heterocycles. The molecule has 2 aromatic heterocycles. The van der Waals surface area contributed by atoms with Crippen molar-refractivity contribution in [3.8, 4) is 0 Å². The van der Waals surface area contributed by atoms with Crippen LogP contribution in [0.4, 0.5) is 26.0 Å². The monoisotopic (exact) mass is 587 g/mol. The van der Waals surface area contributed by atoms with E-state index in [4.69, 9.17) is 11.6 Å². The van der Waals surface area contributed by atoms with Gasteiger partial charge < -0.3 is 14.7 Å². The summed E-state index contributed by atoms with van der Waals surface area (Å²) in [5.74, 6) is -1.27. The van der Waals surface area contributed by atoms with E-state index in [9.17, 15) is 22.0 Å². The molecule has 0 unspecified atom stereocenters. The number of anilines is 3. The summed E-state index contributed by atoms with van der Waals surface area (Å²) in [6, 6.07) is 11.6. The molecule has 1 saturated heterocycles. The Bertz CT molecular complexity index is 1640. The van der Waals surface area contributed by atoms with E-state index >= 15 is 0 Å². The summed E-state index contributed by atoms with van der Waals surface area (Å²) in [5, 5.41) is 6.24. The first-order valence-electron chi connectivity index (χ1n) is 12.3. The Labute approximate surface area is 234 Å². The number of pyridine rings is 1. The zero-order chi connectivity index (χ0) is 28.4. The maximum absolute atomic E-state index is 14.7. The third-order valence-corrected chi connectivity index (χ3v) is 8.39. The van der Waals surface area contributed by atoms with Crippen molar-refractivity contribution in [2.75, 3.05) is 23.1 Å². The fraction of sp³-hybridized carbons (Fsp3) is 0.222. The van der Waals surface area contributed by atoms with Crippen LogP contribution < -0.4 is 10.0 Å². The number of benzene rings is 2. The van der Waals surface area contributed by atoms with Gasteiger partial charge in [0.1, 0.15) is 17.9 Å². The van der Waals surface area contributed by atoms with E-state index in [1.807, 2.05) is 0 Å². The number of carbonyl (C=O) groups is 1. The van der Waals surface area contributed by atoms with Crippen LogP contribution in [0.1, 0.15) is 40.2 Å². The number of hydrogen-bond acceptors (Lipinski definition) is 7. The van der Waals surface area contributed by atoms with Crippen LogP contribution in [0, 0.1) is 18.6 Å². The maximum Gasteiger partial charge on any atom is 0.280 e. The minimum absolute atomic E-state index is 0.00410. The number of halogens is 3. The van der Waals surface area contributed by atoms with E-state index in [-0.39, 0.29) is 50.1 Å². The van der Waals surface area contributed by atoms with Crippen LogP contribution in [0.15, 0.2) is 70.5 Å². The summed E-state index contributed by atoms with van der Waals surface area (Å²) in [6.07, 6.45) is 3.68. The van der Waals surface area contributed by atoms with Crippen molar-refractivity contribution in [3.05, 3.63) is 94.3 Å². The number of sulfonamides is 1. The smallest absolute Gasteiger partial charge is 0.280 e. The zero-order valence-electron chi connectivity index (χ0n) is 21.2. The van der Waals surface area contributed by atoms with E-state index in [0.717, 1.165) is 17.8 Å². The van der Waals surface area contributed by atoms with Crippen molar-refractivity contribution in [1.29, 1.82) is 0 Å². The van der Waals surface area contributed by atoms with Gasteiger partial charge in [0.15, 0.2) is 10.8 Å². The van der Waals surface area contributed by atoms with Crippen LogP contribution >= 0.6 is 11.6 Å². The summed E-state index contributed by atoms with van der Waals surface area (Å²) in [6.45, 7) is 2.31. The third kappa shape index (κ3) is 5.77. The first kappa shape index (κ1) is 27.5. The molecule has 2 aromatic carbocycles. The van der Waals surface area contributed by atoms with Crippen LogP contribution in [-0.4, -0.2) is 42.5 Å². The Morgan fingerprint density at radius 3 is 2.48 bits per heavy atom. The van der Waals surface area contributed by atoms with E-state index in [1.165, 1.54) is 43.5 Å². The Balaban J connectivity index is 1.46. The molecular formula is C27H24ClF2N5O4S. The Kier molecular flexibility index (Phi) is 7.72. The summed E-state index contributed by atoms with van der Waals surface area (Å²) in [7, 11) is -4.24. The summed E-state index contributed by atoms with van der Waals surface area (Å²) < 4.78 is 61.3. The Morgan fingerprint density at radius 2 is 1.82 bits per heavy atom. The lowest BCUT2D eigenvalue weighted by Gasteiger charge is -2.33. The molecule has 4 aromatic rings. The summed E-state index contributed by atoms with van der Waals surface area (Å²) in [5.41, 5.74) is 1.25. The van der Waals surface area contributed by atoms with E-state index in [0.29, 0.717) is 25.9 Å². The third-order valence-electron chi connectivity index (χ3n) is 6.75. The second-order valence-corrected chi connectivity index (χ2v) is 11.4. The van der Waals surface area contributed by atoms with E-state index in [1.54, 1.807) is 17.0 Å². The van der Waals surface area contributed by atoms with Gasteiger partial charge in [0.2, 0.25) is 0 Å². The van der Waals surface area contributed by atoms with E-state index in [2.05, 4.69) is 24.7 Å². The lowest BCUT2D eigenvalue weighted by atomic mass is 9.89. The fourth-order valence-electron chi connectivity index (χ4n) is 4.69. The first-order chi connectivity index (χ1) is 19.1. The first-order valence-corrected chi connectivity index (χ1v) is 14.2. The van der Waals surface area contributed by atoms with Gasteiger partial charge in [-0.3, -0.25) is 9.52 Å². The number of likely N-dealkylation sites (tertiary alicyclic amines) is 1. The van der Waals surface area contributed by atoms with Crippen molar-refractivity contribution < 1.29 is 26.5 Å². The zero-order valence-corrected chi connectivity index (χ0v) is 22.8. The molecule has 2 N–H and O–H groups in total. The molecular weight excluding hydrogens is 564 g/mol. The molecule has 1 aliphatic rings. The van der Waals surface area contributed by atoms with Gasteiger partial charge in [-0.05, 0) is 61.6 Å². The molecule has 0 saturated carbocycles. The van der Waals surface area contributed by atoms with Gasteiger partial charge in [-0.25, -0.2) is 13.8 Å². The quantitative estimate of drug-likeness (QED) is 0.277. The van der Waals surface area contributed by atoms with Gasteiger partial charge in [0, 0.05) is 35.9 Å². The molecule has 3 heterocycles. The van der Waals surface area contributed by atoms with E-state index < -0.39 is 21.7 Å². The number of rotatable bonds is 7. The minimum atomic E-state index is -4.24. The average molecular weight is 588 g/mol. The number of amides is 1. The van der Waals surface area contributed by atoms with Crippen molar-refractivity contribution in [2.24, 2.45) is 0 Å². The normalized spacial score (nSPS) is 14.2. The summed E-state index contributed by atoms with van der Waals surface area (Å²) in [4.78, 5) is 19.5. The van der Waals surface area contributed by atoms with Crippen LogP contribution in [0.3, 0.4) is 0 Å². The lowest BCUT2D eigenvalue weighted by molar-refractivity contribution is 0.0713. The van der Waals surface area contributed by atoms with Gasteiger partial charge in [-0.15, -0.1) is 0 Å². The SMILES string of the molecule is Cc1c(S(=O)(=O)Nc2ccon2)ncc(C(=O)N2CCC(c3ccc(F)cc3)CC2)c1Nc1ccc(Cl)cc1F. The van der Waals surface area contributed by atoms with Gasteiger partial charge in [-0.1, -0.05) is 28.9 Å². The number of nitrogens with zero attached hydrogens (tertiary/aromatic N) is 3. The molecule has 1 fully saturated rings. The molecule has 0 atom stereocenters. The molecule has 0 bridgehead atoms. The number of aromatic nitrogens is 2. The van der Waals surface area contributed by atoms with Crippen LogP contribution in [0.25, 0.3) is 0 Å². The van der Waals surface area contributed by atoms with Crippen LogP contribution in [0.2, 0.25) is 5.02 Å². The molecule has 0 aliphatic carbocycles. The molecule has 0 spiro atoms. The molecule has 5 rings (SSSR count). The Hall–Kier alpha value is -4.03. The molecule has 9 nitrogen and oxygen atoms in total. The van der Waals surface area contributed by atoms with Crippen molar-refractivity contribution >= 4 is 44.7 Å². The van der Waals surface area contributed by atoms with Gasteiger partial charge in [0.05, 0.1) is 16.9 Å². The summed E-state index contributed by atoms with van der Waals surface area (Å²) >= 11 is 5.89. The number of nitrogens with one attached hydrogen (secondary N) is 2. The lowest BCUT2D eigenvalue weighted by Crippen LogP contribution is -2.38.